The fourth-order valence-electron chi connectivity index (χ4n) is 2.13. The highest BCUT2D eigenvalue weighted by molar-refractivity contribution is 5.84. The van der Waals surface area contributed by atoms with Crippen molar-refractivity contribution < 1.29 is 17.9 Å². The van der Waals surface area contributed by atoms with E-state index in [-0.39, 0.29) is 11.8 Å². The van der Waals surface area contributed by atoms with E-state index >= 15 is 0 Å². The van der Waals surface area contributed by atoms with Crippen LogP contribution in [0.5, 0.6) is 5.75 Å². The summed E-state index contributed by atoms with van der Waals surface area (Å²) in [5, 5.41) is 0.634. The molecule has 0 amide bonds. The molecule has 0 fully saturated rings. The lowest BCUT2D eigenvalue weighted by Gasteiger charge is -2.13. The van der Waals surface area contributed by atoms with E-state index in [1.807, 2.05) is 19.9 Å². The molecule has 0 spiro atoms. The Kier molecular flexibility index (Phi) is 3.85. The van der Waals surface area contributed by atoms with Crippen LogP contribution in [-0.4, -0.2) is 17.4 Å². The minimum Gasteiger partial charge on any atom is -0.406 e. The molecule has 0 bridgehead atoms. The van der Waals surface area contributed by atoms with Crippen LogP contribution in [0.1, 0.15) is 18.2 Å². The zero-order valence-electron chi connectivity index (χ0n) is 11.2. The third kappa shape index (κ3) is 3.60. The van der Waals surface area contributed by atoms with Gasteiger partial charge in [0.25, 0.3) is 0 Å². The van der Waals surface area contributed by atoms with Gasteiger partial charge in [-0.15, -0.1) is 13.2 Å². The number of hydrogen-bond donors (Lipinski definition) is 1. The summed E-state index contributed by atoms with van der Waals surface area (Å²) < 4.78 is 40.7. The number of nitrogens with two attached hydrogens (primary N) is 1. The largest absolute Gasteiger partial charge is 0.573 e. The van der Waals surface area contributed by atoms with Gasteiger partial charge in [0.05, 0.1) is 5.52 Å². The van der Waals surface area contributed by atoms with Crippen molar-refractivity contribution in [2.24, 2.45) is 5.73 Å². The smallest absolute Gasteiger partial charge is 0.406 e. The Morgan fingerprint density at radius 3 is 2.60 bits per heavy atom. The van der Waals surface area contributed by atoms with Gasteiger partial charge >= 0.3 is 6.36 Å². The first kappa shape index (κ1) is 14.6. The van der Waals surface area contributed by atoms with E-state index in [1.54, 1.807) is 0 Å². The summed E-state index contributed by atoms with van der Waals surface area (Å²) in [5.41, 5.74) is 8.08. The predicted octanol–water partition coefficient (Wildman–Crippen LogP) is 3.33. The fraction of sp³-hybridized carbons (Fsp3) is 0.357. The lowest BCUT2D eigenvalue weighted by atomic mass is 10.0. The number of halogens is 3. The maximum Gasteiger partial charge on any atom is 0.573 e. The Labute approximate surface area is 114 Å². The molecule has 6 heteroatoms. The van der Waals surface area contributed by atoms with Crippen LogP contribution in [0, 0.1) is 6.92 Å². The molecule has 2 aromatic rings. The molecule has 2 N–H and O–H groups in total. The van der Waals surface area contributed by atoms with Crippen LogP contribution < -0.4 is 10.5 Å². The number of benzene rings is 1. The summed E-state index contributed by atoms with van der Waals surface area (Å²) in [6.07, 6.45) is -4.14. The molecule has 1 aromatic carbocycles. The van der Waals surface area contributed by atoms with Crippen LogP contribution in [0.3, 0.4) is 0 Å². The molecule has 1 heterocycles. The number of pyridine rings is 1. The number of hydrogen-bond acceptors (Lipinski definition) is 3. The van der Waals surface area contributed by atoms with Crippen molar-refractivity contribution in [1.29, 1.82) is 0 Å². The Hall–Kier alpha value is -1.82. The minimum absolute atomic E-state index is 0.0906. The zero-order valence-corrected chi connectivity index (χ0v) is 11.2. The molecule has 1 aromatic heterocycles. The molecule has 0 radical (unpaired) electrons. The highest BCUT2D eigenvalue weighted by Gasteiger charge is 2.31. The molecule has 0 saturated carbocycles. The molecule has 1 atom stereocenters. The summed E-state index contributed by atoms with van der Waals surface area (Å²) in [5.74, 6) is -0.249. The number of rotatable bonds is 3. The van der Waals surface area contributed by atoms with Crippen LogP contribution in [-0.2, 0) is 6.42 Å². The highest BCUT2D eigenvalue weighted by atomic mass is 19.4. The number of aromatic nitrogens is 1. The standard InChI is InChI=1S/C14H15F3N2O/c1-8(18)5-10-6-9(2)19-13-4-3-11(7-12(10)13)20-14(15,16)17/h3-4,6-8H,5,18H2,1-2H3. The van der Waals surface area contributed by atoms with Crippen molar-refractivity contribution in [2.75, 3.05) is 0 Å². The second-order valence-electron chi connectivity index (χ2n) is 4.83. The summed E-state index contributed by atoms with van der Waals surface area (Å²) in [6.45, 7) is 3.68. The van der Waals surface area contributed by atoms with Gasteiger partial charge in [0.15, 0.2) is 0 Å². The summed E-state index contributed by atoms with van der Waals surface area (Å²) in [7, 11) is 0. The maximum atomic E-state index is 12.3. The van der Waals surface area contributed by atoms with Crippen molar-refractivity contribution in [1.82, 2.24) is 4.98 Å². The van der Waals surface area contributed by atoms with Gasteiger partial charge in [-0.3, -0.25) is 4.98 Å². The van der Waals surface area contributed by atoms with E-state index in [9.17, 15) is 13.2 Å². The summed E-state index contributed by atoms with van der Waals surface area (Å²) >= 11 is 0. The number of nitrogens with zero attached hydrogens (tertiary/aromatic N) is 1. The van der Waals surface area contributed by atoms with Crippen molar-refractivity contribution in [3.05, 3.63) is 35.5 Å². The molecule has 108 valence electrons. The first-order chi connectivity index (χ1) is 9.24. The monoisotopic (exact) mass is 284 g/mol. The third-order valence-corrected chi connectivity index (χ3v) is 2.77. The highest BCUT2D eigenvalue weighted by Crippen LogP contribution is 2.28. The Morgan fingerprint density at radius 2 is 2.00 bits per heavy atom. The average Bonchev–Trinajstić information content (AvgIpc) is 2.27. The van der Waals surface area contributed by atoms with Crippen LogP contribution >= 0.6 is 0 Å². The fourth-order valence-corrected chi connectivity index (χ4v) is 2.13. The minimum atomic E-state index is -4.70. The van der Waals surface area contributed by atoms with E-state index in [1.165, 1.54) is 18.2 Å². The molecule has 2 rings (SSSR count). The number of aryl methyl sites for hydroxylation is 1. The van der Waals surface area contributed by atoms with Gasteiger partial charge in [0.2, 0.25) is 0 Å². The van der Waals surface area contributed by atoms with Crippen molar-refractivity contribution in [3.8, 4) is 5.75 Å². The van der Waals surface area contributed by atoms with E-state index in [2.05, 4.69) is 9.72 Å². The van der Waals surface area contributed by atoms with Crippen molar-refractivity contribution in [2.45, 2.75) is 32.7 Å². The Balaban J connectivity index is 2.51. The second-order valence-corrected chi connectivity index (χ2v) is 4.83. The van der Waals surface area contributed by atoms with Gasteiger partial charge in [-0.25, -0.2) is 0 Å². The van der Waals surface area contributed by atoms with E-state index in [0.717, 1.165) is 11.3 Å². The van der Waals surface area contributed by atoms with Crippen LogP contribution in [0.4, 0.5) is 13.2 Å². The molecular formula is C14H15F3N2O. The Bertz CT molecular complexity index is 624. The molecule has 0 aliphatic carbocycles. The lowest BCUT2D eigenvalue weighted by Crippen LogP contribution is -2.18. The number of fused-ring (bicyclic) bond motifs is 1. The van der Waals surface area contributed by atoms with Crippen LogP contribution in [0.2, 0.25) is 0 Å². The summed E-state index contributed by atoms with van der Waals surface area (Å²) in [6, 6.07) is 5.88. The van der Waals surface area contributed by atoms with Crippen molar-refractivity contribution >= 4 is 10.9 Å². The normalized spacial score (nSPS) is 13.5. The molecule has 1 unspecified atom stereocenters. The molecule has 20 heavy (non-hydrogen) atoms. The number of alkyl halides is 3. The van der Waals surface area contributed by atoms with Crippen LogP contribution in [0.15, 0.2) is 24.3 Å². The Morgan fingerprint density at radius 1 is 1.30 bits per heavy atom. The second kappa shape index (κ2) is 5.28. The first-order valence-electron chi connectivity index (χ1n) is 6.16. The molecule has 0 aliphatic rings. The lowest BCUT2D eigenvalue weighted by molar-refractivity contribution is -0.274. The van der Waals surface area contributed by atoms with Gasteiger partial charge in [0.1, 0.15) is 5.75 Å². The van der Waals surface area contributed by atoms with E-state index in [4.69, 9.17) is 5.73 Å². The zero-order chi connectivity index (χ0) is 14.9. The van der Waals surface area contributed by atoms with Gasteiger partial charge in [-0.2, -0.15) is 0 Å². The number of ether oxygens (including phenoxy) is 1. The van der Waals surface area contributed by atoms with Crippen LogP contribution in [0.25, 0.3) is 10.9 Å². The van der Waals surface area contributed by atoms with Gasteiger partial charge in [-0.05, 0) is 50.1 Å². The van der Waals surface area contributed by atoms with E-state index < -0.39 is 6.36 Å². The van der Waals surface area contributed by atoms with Gasteiger partial charge in [0, 0.05) is 17.1 Å². The van der Waals surface area contributed by atoms with E-state index in [0.29, 0.717) is 17.3 Å². The summed E-state index contributed by atoms with van der Waals surface area (Å²) in [4.78, 5) is 4.30. The third-order valence-electron chi connectivity index (χ3n) is 2.77. The van der Waals surface area contributed by atoms with Gasteiger partial charge in [-0.1, -0.05) is 0 Å². The molecule has 3 nitrogen and oxygen atoms in total. The SMILES string of the molecule is Cc1cc(CC(C)N)c2cc(OC(F)(F)F)ccc2n1. The van der Waals surface area contributed by atoms with Gasteiger partial charge < -0.3 is 10.5 Å². The predicted molar refractivity (Wildman–Crippen MR) is 70.5 cm³/mol. The molecular weight excluding hydrogens is 269 g/mol. The maximum absolute atomic E-state index is 12.3. The van der Waals surface area contributed by atoms with Crippen molar-refractivity contribution in [3.63, 3.8) is 0 Å². The first-order valence-corrected chi connectivity index (χ1v) is 6.16. The molecule has 0 aliphatic heterocycles. The topological polar surface area (TPSA) is 48.1 Å². The quantitative estimate of drug-likeness (QED) is 0.940. The molecule has 0 saturated heterocycles. The average molecular weight is 284 g/mol.